The second-order valence-electron chi connectivity index (χ2n) is 4.14. The molecule has 1 saturated heterocycles. The van der Waals surface area contributed by atoms with Crippen molar-refractivity contribution in [2.45, 2.75) is 37.9 Å². The molecular formula is C11H16O3. The molecular weight excluding hydrogens is 180 g/mol. The van der Waals surface area contributed by atoms with Gasteiger partial charge >= 0.3 is 5.97 Å². The Morgan fingerprint density at radius 2 is 2.50 bits per heavy atom. The predicted molar refractivity (Wildman–Crippen MR) is 51.8 cm³/mol. The fraction of sp³-hybridized carbons (Fsp3) is 0.727. The number of fused-ring (bicyclic) bond motifs is 1. The highest BCUT2D eigenvalue weighted by atomic mass is 16.5. The molecule has 2 rings (SSSR count). The van der Waals surface area contributed by atoms with Gasteiger partial charge < -0.3 is 9.47 Å². The SMILES string of the molecule is C=C[C@@H]1C[C@]2(C(=O)OC)CCC[C@@H]2O1. The van der Waals surface area contributed by atoms with Crippen molar-refractivity contribution in [2.24, 2.45) is 5.41 Å². The topological polar surface area (TPSA) is 35.5 Å². The molecule has 3 nitrogen and oxygen atoms in total. The average Bonchev–Trinajstić information content (AvgIpc) is 2.72. The van der Waals surface area contributed by atoms with Crippen molar-refractivity contribution in [1.29, 1.82) is 0 Å². The Labute approximate surface area is 84.1 Å². The maximum atomic E-state index is 11.7. The quantitative estimate of drug-likeness (QED) is 0.498. The summed E-state index contributed by atoms with van der Waals surface area (Å²) in [5.74, 6) is -0.107. The second-order valence-corrected chi connectivity index (χ2v) is 4.14. The Morgan fingerprint density at radius 3 is 3.14 bits per heavy atom. The Morgan fingerprint density at radius 1 is 1.71 bits per heavy atom. The fourth-order valence-corrected chi connectivity index (χ4v) is 2.75. The summed E-state index contributed by atoms with van der Waals surface area (Å²) in [6, 6.07) is 0. The minimum atomic E-state index is -0.367. The van der Waals surface area contributed by atoms with Crippen LogP contribution >= 0.6 is 0 Å². The van der Waals surface area contributed by atoms with E-state index in [4.69, 9.17) is 9.47 Å². The summed E-state index contributed by atoms with van der Waals surface area (Å²) in [7, 11) is 1.45. The van der Waals surface area contributed by atoms with E-state index in [0.29, 0.717) is 0 Å². The molecule has 0 aromatic heterocycles. The predicted octanol–water partition coefficient (Wildman–Crippen LogP) is 1.67. The number of carbonyl (C=O) groups excluding carboxylic acids is 1. The fourth-order valence-electron chi connectivity index (χ4n) is 2.75. The second kappa shape index (κ2) is 3.39. The smallest absolute Gasteiger partial charge is 0.314 e. The van der Waals surface area contributed by atoms with Crippen LogP contribution in [0.1, 0.15) is 25.7 Å². The molecule has 78 valence electrons. The third-order valence-corrected chi connectivity index (χ3v) is 3.46. The van der Waals surface area contributed by atoms with E-state index >= 15 is 0 Å². The molecule has 1 saturated carbocycles. The molecule has 2 fully saturated rings. The Balaban J connectivity index is 2.22. The van der Waals surface area contributed by atoms with Crippen LogP contribution in [0.4, 0.5) is 0 Å². The van der Waals surface area contributed by atoms with Crippen LogP contribution in [0, 0.1) is 5.41 Å². The minimum Gasteiger partial charge on any atom is -0.469 e. The summed E-state index contributed by atoms with van der Waals surface area (Å²) in [5, 5.41) is 0. The van der Waals surface area contributed by atoms with E-state index < -0.39 is 0 Å². The van der Waals surface area contributed by atoms with Gasteiger partial charge in [0.15, 0.2) is 0 Å². The zero-order valence-electron chi connectivity index (χ0n) is 8.49. The molecule has 0 amide bonds. The molecule has 0 aromatic rings. The lowest BCUT2D eigenvalue weighted by Gasteiger charge is -2.23. The van der Waals surface area contributed by atoms with E-state index in [-0.39, 0.29) is 23.6 Å². The van der Waals surface area contributed by atoms with Crippen molar-refractivity contribution in [2.75, 3.05) is 7.11 Å². The van der Waals surface area contributed by atoms with E-state index in [1.807, 2.05) is 0 Å². The van der Waals surface area contributed by atoms with Gasteiger partial charge in [0, 0.05) is 0 Å². The molecule has 14 heavy (non-hydrogen) atoms. The van der Waals surface area contributed by atoms with Crippen LogP contribution in [0.15, 0.2) is 12.7 Å². The molecule has 3 heteroatoms. The lowest BCUT2D eigenvalue weighted by atomic mass is 9.81. The van der Waals surface area contributed by atoms with Crippen LogP contribution in [-0.4, -0.2) is 25.3 Å². The molecule has 3 atom stereocenters. The minimum absolute atomic E-state index is 0.0272. The highest BCUT2D eigenvalue weighted by Gasteiger charge is 2.56. The lowest BCUT2D eigenvalue weighted by Crippen LogP contribution is -2.35. The van der Waals surface area contributed by atoms with Gasteiger partial charge in [-0.1, -0.05) is 6.08 Å². The molecule has 0 unspecified atom stereocenters. The van der Waals surface area contributed by atoms with Gasteiger partial charge in [-0.15, -0.1) is 6.58 Å². The third-order valence-electron chi connectivity index (χ3n) is 3.46. The van der Waals surface area contributed by atoms with Gasteiger partial charge in [-0.3, -0.25) is 4.79 Å². The molecule has 0 N–H and O–H groups in total. The number of hydrogen-bond donors (Lipinski definition) is 0. The number of methoxy groups -OCH3 is 1. The van der Waals surface area contributed by atoms with Crippen LogP contribution in [0.25, 0.3) is 0 Å². The number of esters is 1. The summed E-state index contributed by atoms with van der Waals surface area (Å²) >= 11 is 0. The van der Waals surface area contributed by atoms with Crippen molar-refractivity contribution in [1.82, 2.24) is 0 Å². The van der Waals surface area contributed by atoms with Gasteiger partial charge in [0.1, 0.15) is 0 Å². The molecule has 1 heterocycles. The summed E-state index contributed by atoms with van der Waals surface area (Å²) in [6.45, 7) is 3.71. The highest BCUT2D eigenvalue weighted by molar-refractivity contribution is 5.78. The number of rotatable bonds is 2. The zero-order valence-corrected chi connectivity index (χ0v) is 8.49. The van der Waals surface area contributed by atoms with Crippen LogP contribution in [0.5, 0.6) is 0 Å². The van der Waals surface area contributed by atoms with Crippen LogP contribution in [0.3, 0.4) is 0 Å². The summed E-state index contributed by atoms with van der Waals surface area (Å²) in [6.07, 6.45) is 5.53. The molecule has 0 radical (unpaired) electrons. The average molecular weight is 196 g/mol. The maximum absolute atomic E-state index is 11.7. The Kier molecular flexibility index (Phi) is 2.35. The first kappa shape index (κ1) is 9.71. The Hall–Kier alpha value is -0.830. The van der Waals surface area contributed by atoms with Gasteiger partial charge in [0.2, 0.25) is 0 Å². The first-order valence-corrected chi connectivity index (χ1v) is 5.09. The highest BCUT2D eigenvalue weighted by Crippen LogP contribution is 2.50. The molecule has 2 aliphatic rings. The molecule has 1 aliphatic heterocycles. The first-order valence-electron chi connectivity index (χ1n) is 5.09. The Bertz CT molecular complexity index is 261. The van der Waals surface area contributed by atoms with E-state index in [2.05, 4.69) is 6.58 Å². The van der Waals surface area contributed by atoms with Crippen LogP contribution in [0.2, 0.25) is 0 Å². The van der Waals surface area contributed by atoms with E-state index in [1.54, 1.807) is 6.08 Å². The summed E-state index contributed by atoms with van der Waals surface area (Å²) < 4.78 is 10.6. The van der Waals surface area contributed by atoms with Crippen molar-refractivity contribution < 1.29 is 14.3 Å². The molecule has 1 aliphatic carbocycles. The van der Waals surface area contributed by atoms with Crippen molar-refractivity contribution in [3.63, 3.8) is 0 Å². The van der Waals surface area contributed by atoms with Gasteiger partial charge in [-0.25, -0.2) is 0 Å². The lowest BCUT2D eigenvalue weighted by molar-refractivity contribution is -0.154. The molecule has 0 spiro atoms. The van der Waals surface area contributed by atoms with Crippen molar-refractivity contribution >= 4 is 5.97 Å². The van der Waals surface area contributed by atoms with Gasteiger partial charge in [-0.2, -0.15) is 0 Å². The monoisotopic (exact) mass is 196 g/mol. The van der Waals surface area contributed by atoms with Gasteiger partial charge in [0.05, 0.1) is 24.7 Å². The number of ether oxygens (including phenoxy) is 2. The van der Waals surface area contributed by atoms with Gasteiger partial charge in [0.25, 0.3) is 0 Å². The maximum Gasteiger partial charge on any atom is 0.314 e. The van der Waals surface area contributed by atoms with E-state index in [1.165, 1.54) is 7.11 Å². The summed E-state index contributed by atoms with van der Waals surface area (Å²) in [4.78, 5) is 11.7. The number of hydrogen-bond acceptors (Lipinski definition) is 3. The zero-order chi connectivity index (χ0) is 10.2. The normalized spacial score (nSPS) is 40.6. The van der Waals surface area contributed by atoms with Gasteiger partial charge in [-0.05, 0) is 25.7 Å². The summed E-state index contributed by atoms with van der Waals surface area (Å²) in [5.41, 5.74) is -0.367. The van der Waals surface area contributed by atoms with Crippen molar-refractivity contribution in [3.8, 4) is 0 Å². The standard InChI is InChI=1S/C11H16O3/c1-3-8-7-11(10(12)13-2)6-4-5-9(11)14-8/h3,8-9H,1,4-7H2,2H3/t8-,9+,11-/m1/s1. The van der Waals surface area contributed by atoms with Crippen LogP contribution in [-0.2, 0) is 14.3 Å². The van der Waals surface area contributed by atoms with E-state index in [0.717, 1.165) is 25.7 Å². The first-order chi connectivity index (χ1) is 6.73. The molecule has 0 bridgehead atoms. The molecule has 0 aromatic carbocycles. The van der Waals surface area contributed by atoms with Crippen LogP contribution < -0.4 is 0 Å². The van der Waals surface area contributed by atoms with Crippen molar-refractivity contribution in [3.05, 3.63) is 12.7 Å². The third kappa shape index (κ3) is 1.19. The number of carbonyl (C=O) groups is 1. The largest absolute Gasteiger partial charge is 0.469 e. The van der Waals surface area contributed by atoms with E-state index in [9.17, 15) is 4.79 Å².